The van der Waals surface area contributed by atoms with Crippen molar-refractivity contribution in [3.8, 4) is 5.75 Å². The number of carbonyl (C=O) groups is 1. The average molecular weight is 429 g/mol. The lowest BCUT2D eigenvalue weighted by Crippen LogP contribution is -2.32. The van der Waals surface area contributed by atoms with E-state index in [2.05, 4.69) is 24.1 Å². The third kappa shape index (κ3) is 6.31. The zero-order chi connectivity index (χ0) is 20.8. The van der Waals surface area contributed by atoms with Gasteiger partial charge >= 0.3 is 0 Å². The molecule has 1 atom stereocenters. The van der Waals surface area contributed by atoms with Crippen LogP contribution in [0.5, 0.6) is 5.75 Å². The molecular formula is C23H25ClN2O2S. The molecule has 0 bridgehead atoms. The Morgan fingerprint density at radius 3 is 2.48 bits per heavy atom. The van der Waals surface area contributed by atoms with Gasteiger partial charge in [0.15, 0.2) is 0 Å². The first kappa shape index (κ1) is 21.3. The lowest BCUT2D eigenvalue weighted by molar-refractivity contribution is -0.121. The second kappa shape index (κ2) is 9.90. The number of nitrogens with zero attached hydrogens (tertiary/aromatic N) is 1. The fourth-order valence-electron chi connectivity index (χ4n) is 2.97. The highest BCUT2D eigenvalue weighted by molar-refractivity contribution is 7.09. The molecule has 0 aliphatic rings. The minimum Gasteiger partial charge on any atom is -0.486 e. The Morgan fingerprint density at radius 1 is 1.14 bits per heavy atom. The Labute approximate surface area is 180 Å². The summed E-state index contributed by atoms with van der Waals surface area (Å²) in [5, 5.41) is 6.58. The van der Waals surface area contributed by atoms with E-state index < -0.39 is 0 Å². The molecule has 0 spiro atoms. The first-order valence-corrected chi connectivity index (χ1v) is 10.8. The van der Waals surface area contributed by atoms with Crippen LogP contribution in [0.1, 0.15) is 41.7 Å². The molecular weight excluding hydrogens is 404 g/mol. The standard InChI is InChI=1S/C23H25ClN2O2S/c1-15(2)23(17-6-8-18(24)9-7-17)26-21(27)12-19-14-29-22(25-19)13-28-20-10-4-16(3)5-11-20/h4-11,14-15,23H,12-13H2,1-3H3,(H,26,27). The fraction of sp³-hybridized carbons (Fsp3) is 0.304. The lowest BCUT2D eigenvalue weighted by Gasteiger charge is -2.23. The van der Waals surface area contributed by atoms with Gasteiger partial charge in [0.1, 0.15) is 17.4 Å². The summed E-state index contributed by atoms with van der Waals surface area (Å²) in [6.45, 7) is 6.61. The summed E-state index contributed by atoms with van der Waals surface area (Å²) < 4.78 is 5.77. The number of hydrogen-bond acceptors (Lipinski definition) is 4. The van der Waals surface area contributed by atoms with E-state index in [9.17, 15) is 4.79 Å². The molecule has 0 saturated carbocycles. The highest BCUT2D eigenvalue weighted by Gasteiger charge is 2.19. The number of aromatic nitrogens is 1. The first-order valence-electron chi connectivity index (χ1n) is 9.58. The summed E-state index contributed by atoms with van der Waals surface area (Å²) in [5.41, 5.74) is 3.00. The first-order chi connectivity index (χ1) is 13.9. The van der Waals surface area contributed by atoms with Crippen molar-refractivity contribution in [2.45, 2.75) is 39.8 Å². The van der Waals surface area contributed by atoms with Crippen molar-refractivity contribution >= 4 is 28.8 Å². The molecule has 6 heteroatoms. The molecule has 0 fully saturated rings. The molecule has 1 amide bonds. The van der Waals surface area contributed by atoms with E-state index in [1.807, 2.05) is 60.8 Å². The van der Waals surface area contributed by atoms with Crippen LogP contribution in [0, 0.1) is 12.8 Å². The molecule has 0 aliphatic carbocycles. The molecule has 0 saturated heterocycles. The number of nitrogens with one attached hydrogen (secondary N) is 1. The SMILES string of the molecule is Cc1ccc(OCc2nc(CC(=O)NC(c3ccc(Cl)cc3)C(C)C)cs2)cc1. The van der Waals surface area contributed by atoms with Crippen molar-refractivity contribution in [1.82, 2.24) is 10.3 Å². The van der Waals surface area contributed by atoms with Crippen LogP contribution in [0.4, 0.5) is 0 Å². The van der Waals surface area contributed by atoms with Crippen LogP contribution in [0.3, 0.4) is 0 Å². The molecule has 1 N–H and O–H groups in total. The molecule has 3 aromatic rings. The molecule has 1 heterocycles. The molecule has 1 unspecified atom stereocenters. The molecule has 29 heavy (non-hydrogen) atoms. The molecule has 3 rings (SSSR count). The van der Waals surface area contributed by atoms with Gasteiger partial charge in [-0.05, 0) is 42.7 Å². The number of benzene rings is 2. The maximum atomic E-state index is 12.6. The zero-order valence-corrected chi connectivity index (χ0v) is 18.4. The average Bonchev–Trinajstić information content (AvgIpc) is 3.13. The summed E-state index contributed by atoms with van der Waals surface area (Å²) >= 11 is 7.48. The Bertz CT molecular complexity index is 936. The van der Waals surface area contributed by atoms with Crippen molar-refractivity contribution < 1.29 is 9.53 Å². The summed E-state index contributed by atoms with van der Waals surface area (Å²) in [6.07, 6.45) is 0.248. The van der Waals surface area contributed by atoms with Gasteiger partial charge in [0.25, 0.3) is 0 Å². The highest BCUT2D eigenvalue weighted by atomic mass is 35.5. The van der Waals surface area contributed by atoms with Crippen LogP contribution >= 0.6 is 22.9 Å². The van der Waals surface area contributed by atoms with E-state index >= 15 is 0 Å². The van der Waals surface area contributed by atoms with Crippen LogP contribution in [-0.4, -0.2) is 10.9 Å². The minimum absolute atomic E-state index is 0.0463. The Balaban J connectivity index is 1.56. The van der Waals surface area contributed by atoms with Crippen LogP contribution in [0.25, 0.3) is 0 Å². The number of carbonyl (C=O) groups excluding carboxylic acids is 1. The predicted molar refractivity (Wildman–Crippen MR) is 119 cm³/mol. The van der Waals surface area contributed by atoms with Crippen molar-refractivity contribution in [2.24, 2.45) is 5.92 Å². The van der Waals surface area contributed by atoms with E-state index in [0.29, 0.717) is 11.6 Å². The van der Waals surface area contributed by atoms with Gasteiger partial charge in [-0.3, -0.25) is 4.79 Å². The van der Waals surface area contributed by atoms with Gasteiger partial charge in [-0.1, -0.05) is 55.3 Å². The van der Waals surface area contributed by atoms with E-state index in [1.54, 1.807) is 0 Å². The van der Waals surface area contributed by atoms with Crippen LogP contribution in [0.15, 0.2) is 53.9 Å². The van der Waals surface area contributed by atoms with Gasteiger partial charge < -0.3 is 10.1 Å². The Morgan fingerprint density at radius 2 is 1.83 bits per heavy atom. The smallest absolute Gasteiger partial charge is 0.226 e. The number of halogens is 1. The Kier molecular flexibility index (Phi) is 7.29. The molecule has 0 radical (unpaired) electrons. The summed E-state index contributed by atoms with van der Waals surface area (Å²) in [6, 6.07) is 15.5. The van der Waals surface area contributed by atoms with Gasteiger partial charge in [0, 0.05) is 10.4 Å². The lowest BCUT2D eigenvalue weighted by atomic mass is 9.96. The molecule has 4 nitrogen and oxygen atoms in total. The second-order valence-electron chi connectivity index (χ2n) is 7.35. The molecule has 1 aromatic heterocycles. The Hall–Kier alpha value is -2.37. The summed E-state index contributed by atoms with van der Waals surface area (Å²) in [4.78, 5) is 17.1. The number of ether oxygens (including phenoxy) is 1. The van der Waals surface area contributed by atoms with Gasteiger partial charge in [0.2, 0.25) is 5.91 Å². The monoisotopic (exact) mass is 428 g/mol. The molecule has 2 aromatic carbocycles. The fourth-order valence-corrected chi connectivity index (χ4v) is 3.80. The quantitative estimate of drug-likeness (QED) is 0.497. The predicted octanol–water partition coefficient (Wildman–Crippen LogP) is 5.74. The molecule has 152 valence electrons. The third-order valence-corrected chi connectivity index (χ3v) is 5.66. The van der Waals surface area contributed by atoms with Crippen LogP contribution in [-0.2, 0) is 17.8 Å². The number of aryl methyl sites for hydroxylation is 1. The van der Waals surface area contributed by atoms with Gasteiger partial charge in [-0.15, -0.1) is 11.3 Å². The maximum absolute atomic E-state index is 12.6. The van der Waals surface area contributed by atoms with Gasteiger partial charge in [-0.25, -0.2) is 4.98 Å². The molecule has 0 aliphatic heterocycles. The highest BCUT2D eigenvalue weighted by Crippen LogP contribution is 2.23. The topological polar surface area (TPSA) is 51.2 Å². The zero-order valence-electron chi connectivity index (χ0n) is 16.8. The van der Waals surface area contributed by atoms with Crippen LogP contribution in [0.2, 0.25) is 5.02 Å². The van der Waals surface area contributed by atoms with Gasteiger partial charge in [0.05, 0.1) is 18.2 Å². The van der Waals surface area contributed by atoms with Crippen molar-refractivity contribution in [2.75, 3.05) is 0 Å². The van der Waals surface area contributed by atoms with E-state index in [-0.39, 0.29) is 24.3 Å². The largest absolute Gasteiger partial charge is 0.486 e. The van der Waals surface area contributed by atoms with Crippen molar-refractivity contribution in [3.63, 3.8) is 0 Å². The normalized spacial score (nSPS) is 12.0. The van der Waals surface area contributed by atoms with Crippen molar-refractivity contribution in [1.29, 1.82) is 0 Å². The maximum Gasteiger partial charge on any atom is 0.226 e. The van der Waals surface area contributed by atoms with E-state index in [1.165, 1.54) is 16.9 Å². The summed E-state index contributed by atoms with van der Waals surface area (Å²) in [5.74, 6) is 1.02. The summed E-state index contributed by atoms with van der Waals surface area (Å²) in [7, 11) is 0. The van der Waals surface area contributed by atoms with Gasteiger partial charge in [-0.2, -0.15) is 0 Å². The number of amides is 1. The number of hydrogen-bond donors (Lipinski definition) is 1. The van der Waals surface area contributed by atoms with Crippen LogP contribution < -0.4 is 10.1 Å². The third-order valence-electron chi connectivity index (χ3n) is 4.54. The number of thiazole rings is 1. The van der Waals surface area contributed by atoms with Crippen molar-refractivity contribution in [3.05, 3.63) is 80.8 Å². The minimum atomic E-state index is -0.0669. The van der Waals surface area contributed by atoms with E-state index in [4.69, 9.17) is 16.3 Å². The van der Waals surface area contributed by atoms with E-state index in [0.717, 1.165) is 22.0 Å². The number of rotatable bonds is 8. The second-order valence-corrected chi connectivity index (χ2v) is 8.73.